The molecular weight excluding hydrogens is 288 g/mol. The third-order valence-electron chi connectivity index (χ3n) is 2.76. The predicted octanol–water partition coefficient (Wildman–Crippen LogP) is 2.83. The van der Waals surface area contributed by atoms with E-state index >= 15 is 0 Å². The zero-order chi connectivity index (χ0) is 15.2. The van der Waals surface area contributed by atoms with E-state index in [4.69, 9.17) is 9.47 Å². The zero-order valence-electron chi connectivity index (χ0n) is 11.9. The molecule has 1 aromatic carbocycles. The van der Waals surface area contributed by atoms with Crippen molar-refractivity contribution < 1.29 is 9.47 Å². The van der Waals surface area contributed by atoms with Gasteiger partial charge in [-0.05, 0) is 18.4 Å². The summed E-state index contributed by atoms with van der Waals surface area (Å²) in [5.41, 5.74) is 1.16. The lowest BCUT2D eigenvalue weighted by molar-refractivity contribution is 0.355. The van der Waals surface area contributed by atoms with E-state index in [-0.39, 0.29) is 0 Å². The fourth-order valence-electron chi connectivity index (χ4n) is 1.77. The summed E-state index contributed by atoms with van der Waals surface area (Å²) in [4.78, 5) is 8.20. The zero-order valence-corrected chi connectivity index (χ0v) is 12.7. The summed E-state index contributed by atoms with van der Waals surface area (Å²) in [6.07, 6.45) is 3.29. The smallest absolute Gasteiger partial charge is 0.162 e. The number of hydrogen-bond donors (Lipinski definition) is 1. The SMILES string of the molecule is COc1ccc(Nc2ncnc(SC)c2C#N)cc1OC. The van der Waals surface area contributed by atoms with Crippen LogP contribution in [-0.2, 0) is 0 Å². The molecule has 0 saturated carbocycles. The molecule has 2 aromatic rings. The van der Waals surface area contributed by atoms with Crippen LogP contribution in [0.15, 0.2) is 29.6 Å². The van der Waals surface area contributed by atoms with E-state index in [1.165, 1.54) is 18.1 Å². The highest BCUT2D eigenvalue weighted by molar-refractivity contribution is 7.98. The number of thioether (sulfide) groups is 1. The molecule has 7 heteroatoms. The van der Waals surface area contributed by atoms with Gasteiger partial charge in [0.2, 0.25) is 0 Å². The van der Waals surface area contributed by atoms with E-state index in [9.17, 15) is 5.26 Å². The number of anilines is 2. The normalized spacial score (nSPS) is 9.81. The number of rotatable bonds is 5. The molecule has 0 atom stereocenters. The third kappa shape index (κ3) is 3.17. The van der Waals surface area contributed by atoms with Crippen LogP contribution in [0.25, 0.3) is 0 Å². The first-order valence-electron chi connectivity index (χ1n) is 6.01. The molecule has 1 N–H and O–H groups in total. The Kier molecular flexibility index (Phi) is 4.85. The van der Waals surface area contributed by atoms with Crippen LogP contribution in [0.3, 0.4) is 0 Å². The van der Waals surface area contributed by atoms with Gasteiger partial charge in [0, 0.05) is 11.8 Å². The Labute approximate surface area is 127 Å². The Balaban J connectivity index is 2.37. The van der Waals surface area contributed by atoms with Crippen molar-refractivity contribution in [2.24, 2.45) is 0 Å². The molecular formula is C14H14N4O2S. The van der Waals surface area contributed by atoms with Crippen LogP contribution in [0.1, 0.15) is 5.56 Å². The molecule has 0 radical (unpaired) electrons. The van der Waals surface area contributed by atoms with E-state index in [0.29, 0.717) is 27.9 Å². The van der Waals surface area contributed by atoms with Gasteiger partial charge in [-0.25, -0.2) is 9.97 Å². The van der Waals surface area contributed by atoms with Gasteiger partial charge in [0.15, 0.2) is 17.3 Å². The Hall–Kier alpha value is -2.46. The van der Waals surface area contributed by atoms with Crippen molar-refractivity contribution in [3.8, 4) is 17.6 Å². The maximum Gasteiger partial charge on any atom is 0.162 e. The molecule has 6 nitrogen and oxygen atoms in total. The molecule has 2 rings (SSSR count). The van der Waals surface area contributed by atoms with Crippen molar-refractivity contribution in [3.63, 3.8) is 0 Å². The van der Waals surface area contributed by atoms with E-state index in [0.717, 1.165) is 5.69 Å². The monoisotopic (exact) mass is 302 g/mol. The van der Waals surface area contributed by atoms with Crippen LogP contribution >= 0.6 is 11.8 Å². The van der Waals surface area contributed by atoms with Crippen LogP contribution in [-0.4, -0.2) is 30.4 Å². The lowest BCUT2D eigenvalue weighted by Crippen LogP contribution is -2.00. The third-order valence-corrected chi connectivity index (χ3v) is 3.46. The van der Waals surface area contributed by atoms with E-state index in [2.05, 4.69) is 21.4 Å². The molecule has 0 aliphatic rings. The van der Waals surface area contributed by atoms with Crippen molar-refractivity contribution in [2.75, 3.05) is 25.8 Å². The minimum atomic E-state index is 0.416. The lowest BCUT2D eigenvalue weighted by Gasteiger charge is -2.12. The van der Waals surface area contributed by atoms with Gasteiger partial charge in [-0.15, -0.1) is 11.8 Å². The standard InChI is InChI=1S/C14H14N4O2S/c1-19-11-5-4-9(6-12(11)20-2)18-13-10(7-15)14(21-3)17-8-16-13/h4-6,8H,1-3H3,(H,16,17,18). The first-order valence-corrected chi connectivity index (χ1v) is 7.24. The molecule has 0 saturated heterocycles. The minimum absolute atomic E-state index is 0.416. The van der Waals surface area contributed by atoms with Gasteiger partial charge in [0.25, 0.3) is 0 Å². The molecule has 0 bridgehead atoms. The fraction of sp³-hybridized carbons (Fsp3) is 0.214. The first-order chi connectivity index (χ1) is 10.2. The molecule has 0 aliphatic carbocycles. The first kappa shape index (κ1) is 14.9. The average Bonchev–Trinajstić information content (AvgIpc) is 2.54. The maximum absolute atomic E-state index is 9.26. The van der Waals surface area contributed by atoms with Gasteiger partial charge in [0.1, 0.15) is 23.0 Å². The summed E-state index contributed by atoms with van der Waals surface area (Å²) >= 11 is 1.40. The fourth-order valence-corrected chi connectivity index (χ4v) is 2.27. The summed E-state index contributed by atoms with van der Waals surface area (Å²) in [5.74, 6) is 1.69. The van der Waals surface area contributed by atoms with Crippen molar-refractivity contribution in [1.29, 1.82) is 5.26 Å². The van der Waals surface area contributed by atoms with E-state index in [1.54, 1.807) is 26.4 Å². The molecule has 108 valence electrons. The number of ether oxygens (including phenoxy) is 2. The molecule has 1 heterocycles. The van der Waals surface area contributed by atoms with Crippen LogP contribution in [0.2, 0.25) is 0 Å². The largest absolute Gasteiger partial charge is 0.493 e. The van der Waals surface area contributed by atoms with Gasteiger partial charge in [-0.1, -0.05) is 0 Å². The van der Waals surface area contributed by atoms with Gasteiger partial charge in [0.05, 0.1) is 14.2 Å². The second kappa shape index (κ2) is 6.81. The molecule has 21 heavy (non-hydrogen) atoms. The van der Waals surface area contributed by atoms with Crippen LogP contribution in [0, 0.1) is 11.3 Å². The Morgan fingerprint density at radius 2 is 1.95 bits per heavy atom. The van der Waals surface area contributed by atoms with Crippen LogP contribution in [0.5, 0.6) is 11.5 Å². The second-order valence-corrected chi connectivity index (χ2v) is 4.71. The number of methoxy groups -OCH3 is 2. The number of benzene rings is 1. The lowest BCUT2D eigenvalue weighted by atomic mass is 10.2. The Bertz CT molecular complexity index is 685. The summed E-state index contributed by atoms with van der Waals surface area (Å²) in [5, 5.41) is 13.0. The summed E-state index contributed by atoms with van der Waals surface area (Å²) < 4.78 is 10.4. The van der Waals surface area contributed by atoms with Crippen LogP contribution < -0.4 is 14.8 Å². The summed E-state index contributed by atoms with van der Waals surface area (Å²) in [7, 11) is 3.15. The second-order valence-electron chi connectivity index (χ2n) is 3.91. The Morgan fingerprint density at radius 3 is 2.57 bits per heavy atom. The number of nitrogens with one attached hydrogen (secondary N) is 1. The van der Waals surface area contributed by atoms with Crippen molar-refractivity contribution in [2.45, 2.75) is 5.03 Å². The van der Waals surface area contributed by atoms with Gasteiger partial charge >= 0.3 is 0 Å². The predicted molar refractivity (Wildman–Crippen MR) is 81.4 cm³/mol. The van der Waals surface area contributed by atoms with Crippen molar-refractivity contribution in [3.05, 3.63) is 30.1 Å². The highest BCUT2D eigenvalue weighted by atomic mass is 32.2. The molecule has 0 spiro atoms. The molecule has 0 unspecified atom stereocenters. The highest BCUT2D eigenvalue weighted by Crippen LogP contribution is 2.32. The maximum atomic E-state index is 9.26. The summed E-state index contributed by atoms with van der Waals surface area (Å²) in [6.45, 7) is 0. The number of nitriles is 1. The van der Waals surface area contributed by atoms with Crippen molar-refractivity contribution >= 4 is 23.3 Å². The molecule has 1 aromatic heterocycles. The quantitative estimate of drug-likeness (QED) is 0.672. The minimum Gasteiger partial charge on any atom is -0.493 e. The number of hydrogen-bond acceptors (Lipinski definition) is 7. The topological polar surface area (TPSA) is 80.1 Å². The van der Waals surface area contributed by atoms with E-state index in [1.807, 2.05) is 12.3 Å². The van der Waals surface area contributed by atoms with E-state index < -0.39 is 0 Å². The molecule has 0 aliphatic heterocycles. The van der Waals surface area contributed by atoms with Crippen LogP contribution in [0.4, 0.5) is 11.5 Å². The molecule has 0 amide bonds. The number of aromatic nitrogens is 2. The average molecular weight is 302 g/mol. The van der Waals surface area contributed by atoms with Crippen molar-refractivity contribution in [1.82, 2.24) is 9.97 Å². The van der Waals surface area contributed by atoms with Gasteiger partial charge in [-0.2, -0.15) is 5.26 Å². The summed E-state index contributed by atoms with van der Waals surface area (Å²) in [6, 6.07) is 7.51. The molecule has 0 fully saturated rings. The number of nitrogens with zero attached hydrogens (tertiary/aromatic N) is 3. The Morgan fingerprint density at radius 1 is 1.19 bits per heavy atom. The van der Waals surface area contributed by atoms with Gasteiger partial charge in [-0.3, -0.25) is 0 Å². The van der Waals surface area contributed by atoms with Gasteiger partial charge < -0.3 is 14.8 Å². The highest BCUT2D eigenvalue weighted by Gasteiger charge is 2.12.